The Kier molecular flexibility index (Phi) is 5.14. The molecule has 4 aromatic rings. The Morgan fingerprint density at radius 3 is 2.94 bits per heavy atom. The normalized spacial score (nSPS) is 16.5. The van der Waals surface area contributed by atoms with Crippen molar-refractivity contribution >= 4 is 45.1 Å². The topological polar surface area (TPSA) is 87.2 Å². The minimum atomic E-state index is -0.0509. The van der Waals surface area contributed by atoms with Crippen LogP contribution < -0.4 is 9.64 Å². The Morgan fingerprint density at radius 2 is 2.12 bits per heavy atom. The number of aromatic nitrogens is 4. The molecule has 1 amide bonds. The molecule has 0 radical (unpaired) electrons. The van der Waals surface area contributed by atoms with Crippen molar-refractivity contribution in [2.24, 2.45) is 0 Å². The Bertz CT molecular complexity index is 1340. The number of nitrogens with zero attached hydrogens (tertiary/aromatic N) is 5. The summed E-state index contributed by atoms with van der Waals surface area (Å²) in [5.74, 6) is 1.86. The number of halogens is 1. The fourth-order valence-electron chi connectivity index (χ4n) is 4.14. The number of carbonyl (C=O) groups excluding carboxylic acids is 1. The summed E-state index contributed by atoms with van der Waals surface area (Å²) in [6.07, 6.45) is 4.59. The van der Waals surface area contributed by atoms with Gasteiger partial charge in [0, 0.05) is 31.1 Å². The first kappa shape index (κ1) is 20.3. The SMILES string of the molecule is C=CC(=O)N1CCN(c2ncnc3c(Oc4c(Cl)ccc5[nH]ncc45)cccc23)[C@@H](C)C1. The lowest BCUT2D eigenvalue weighted by molar-refractivity contribution is -0.126. The van der Waals surface area contributed by atoms with Crippen LogP contribution in [-0.2, 0) is 4.79 Å². The molecule has 1 saturated heterocycles. The summed E-state index contributed by atoms with van der Waals surface area (Å²) in [4.78, 5) is 25.1. The van der Waals surface area contributed by atoms with Gasteiger partial charge in [-0.25, -0.2) is 9.97 Å². The van der Waals surface area contributed by atoms with Crippen molar-refractivity contribution in [2.45, 2.75) is 13.0 Å². The van der Waals surface area contributed by atoms with Gasteiger partial charge in [-0.15, -0.1) is 0 Å². The molecule has 2 aromatic heterocycles. The molecular weight excluding hydrogens is 428 g/mol. The third-order valence-corrected chi connectivity index (χ3v) is 6.03. The molecular formula is C23H21ClN6O2. The molecule has 5 rings (SSSR count). The van der Waals surface area contributed by atoms with Gasteiger partial charge in [-0.1, -0.05) is 24.2 Å². The van der Waals surface area contributed by atoms with E-state index in [0.717, 1.165) is 22.1 Å². The predicted octanol–water partition coefficient (Wildman–Crippen LogP) is 4.17. The van der Waals surface area contributed by atoms with E-state index in [-0.39, 0.29) is 11.9 Å². The molecule has 0 saturated carbocycles. The van der Waals surface area contributed by atoms with E-state index in [1.807, 2.05) is 24.3 Å². The number of rotatable bonds is 4. The van der Waals surface area contributed by atoms with Crippen molar-refractivity contribution in [2.75, 3.05) is 24.5 Å². The second-order valence-corrected chi connectivity index (χ2v) is 8.10. The molecule has 8 nitrogen and oxygen atoms in total. The lowest BCUT2D eigenvalue weighted by Crippen LogP contribution is -2.53. The summed E-state index contributed by atoms with van der Waals surface area (Å²) in [6, 6.07) is 9.47. The number of piperazine rings is 1. The van der Waals surface area contributed by atoms with Gasteiger partial charge in [0.1, 0.15) is 17.7 Å². The average molecular weight is 449 g/mol. The highest BCUT2D eigenvalue weighted by Crippen LogP contribution is 2.39. The number of anilines is 1. The second-order valence-electron chi connectivity index (χ2n) is 7.69. The highest BCUT2D eigenvalue weighted by molar-refractivity contribution is 6.33. The first-order chi connectivity index (χ1) is 15.6. The molecule has 9 heteroatoms. The van der Waals surface area contributed by atoms with Crippen molar-refractivity contribution in [3.63, 3.8) is 0 Å². The Balaban J connectivity index is 1.52. The zero-order valence-electron chi connectivity index (χ0n) is 17.5. The molecule has 162 valence electrons. The number of hydrogen-bond donors (Lipinski definition) is 1. The number of para-hydroxylation sites is 1. The van der Waals surface area contributed by atoms with Crippen molar-refractivity contribution in [3.05, 3.63) is 60.5 Å². The predicted molar refractivity (Wildman–Crippen MR) is 124 cm³/mol. The van der Waals surface area contributed by atoms with Crippen LogP contribution in [-0.4, -0.2) is 56.6 Å². The number of nitrogens with one attached hydrogen (secondary N) is 1. The van der Waals surface area contributed by atoms with Gasteiger partial charge in [-0.2, -0.15) is 5.10 Å². The number of benzene rings is 2. The third kappa shape index (κ3) is 3.42. The van der Waals surface area contributed by atoms with Gasteiger partial charge in [-0.3, -0.25) is 9.89 Å². The van der Waals surface area contributed by atoms with Gasteiger partial charge < -0.3 is 14.5 Å². The fourth-order valence-corrected chi connectivity index (χ4v) is 4.34. The Morgan fingerprint density at radius 1 is 1.25 bits per heavy atom. The fraction of sp³-hybridized carbons (Fsp3) is 0.217. The summed E-state index contributed by atoms with van der Waals surface area (Å²) in [5, 5.41) is 9.16. The van der Waals surface area contributed by atoms with Crippen LogP contribution in [0.5, 0.6) is 11.5 Å². The highest BCUT2D eigenvalue weighted by Gasteiger charge is 2.28. The molecule has 32 heavy (non-hydrogen) atoms. The number of H-pyrrole nitrogens is 1. The zero-order valence-corrected chi connectivity index (χ0v) is 18.2. The van der Waals surface area contributed by atoms with Gasteiger partial charge in [-0.05, 0) is 37.3 Å². The van der Waals surface area contributed by atoms with Crippen molar-refractivity contribution < 1.29 is 9.53 Å². The largest absolute Gasteiger partial charge is 0.453 e. The molecule has 1 aliphatic rings. The molecule has 2 aromatic carbocycles. The Labute approximate surface area is 189 Å². The first-order valence-electron chi connectivity index (χ1n) is 10.3. The number of carbonyl (C=O) groups is 1. The van der Waals surface area contributed by atoms with E-state index in [9.17, 15) is 4.79 Å². The van der Waals surface area contributed by atoms with Crippen LogP contribution >= 0.6 is 11.6 Å². The molecule has 0 bridgehead atoms. The van der Waals surface area contributed by atoms with Gasteiger partial charge >= 0.3 is 0 Å². The molecule has 0 aliphatic carbocycles. The molecule has 3 heterocycles. The lowest BCUT2D eigenvalue weighted by Gasteiger charge is -2.40. The van der Waals surface area contributed by atoms with Gasteiger partial charge in [0.15, 0.2) is 11.5 Å². The minimum Gasteiger partial charge on any atom is -0.453 e. The van der Waals surface area contributed by atoms with E-state index >= 15 is 0 Å². The van der Waals surface area contributed by atoms with E-state index in [4.69, 9.17) is 16.3 Å². The highest BCUT2D eigenvalue weighted by atomic mass is 35.5. The lowest BCUT2D eigenvalue weighted by atomic mass is 10.1. The third-order valence-electron chi connectivity index (χ3n) is 5.73. The summed E-state index contributed by atoms with van der Waals surface area (Å²) in [5.41, 5.74) is 1.52. The van der Waals surface area contributed by atoms with Crippen LogP contribution in [0.4, 0.5) is 5.82 Å². The van der Waals surface area contributed by atoms with E-state index in [1.165, 1.54) is 6.08 Å². The standard InChI is InChI=1S/C23H21ClN6O2/c1-3-20(31)29-9-10-30(14(2)12-29)23-15-5-4-6-19(21(15)25-13-26-23)32-22-16-11-27-28-18(16)8-7-17(22)24/h3-8,11,13-14H,1,9-10,12H2,2H3,(H,27,28)/t14-/m0/s1. The number of aromatic amines is 1. The molecule has 0 spiro atoms. The minimum absolute atomic E-state index is 0.0509. The van der Waals surface area contributed by atoms with Crippen LogP contribution in [0.2, 0.25) is 5.02 Å². The van der Waals surface area contributed by atoms with Gasteiger partial charge in [0.25, 0.3) is 0 Å². The molecule has 1 aliphatic heterocycles. The van der Waals surface area contributed by atoms with Gasteiger partial charge in [0.2, 0.25) is 5.91 Å². The zero-order chi connectivity index (χ0) is 22.2. The quantitative estimate of drug-likeness (QED) is 0.471. The van der Waals surface area contributed by atoms with Crippen LogP contribution in [0.1, 0.15) is 6.92 Å². The summed E-state index contributed by atoms with van der Waals surface area (Å²) in [7, 11) is 0. The smallest absolute Gasteiger partial charge is 0.246 e. The van der Waals surface area contributed by atoms with E-state index in [1.54, 1.807) is 23.5 Å². The van der Waals surface area contributed by atoms with Crippen LogP contribution in [0, 0.1) is 0 Å². The summed E-state index contributed by atoms with van der Waals surface area (Å²) < 4.78 is 6.26. The van der Waals surface area contributed by atoms with Crippen LogP contribution in [0.3, 0.4) is 0 Å². The second kappa shape index (κ2) is 8.12. The van der Waals surface area contributed by atoms with Crippen LogP contribution in [0.15, 0.2) is 55.5 Å². The monoisotopic (exact) mass is 448 g/mol. The van der Waals surface area contributed by atoms with E-state index < -0.39 is 0 Å². The molecule has 1 atom stereocenters. The van der Waals surface area contributed by atoms with Crippen molar-refractivity contribution in [3.8, 4) is 11.5 Å². The molecule has 1 N–H and O–H groups in total. The first-order valence-corrected chi connectivity index (χ1v) is 10.7. The summed E-state index contributed by atoms with van der Waals surface area (Å²) >= 11 is 6.44. The van der Waals surface area contributed by atoms with Crippen molar-refractivity contribution in [1.82, 2.24) is 25.1 Å². The van der Waals surface area contributed by atoms with Gasteiger partial charge in [0.05, 0.1) is 22.1 Å². The van der Waals surface area contributed by atoms with Crippen LogP contribution in [0.25, 0.3) is 21.8 Å². The van der Waals surface area contributed by atoms with E-state index in [2.05, 4.69) is 38.6 Å². The average Bonchev–Trinajstić information content (AvgIpc) is 3.29. The number of fused-ring (bicyclic) bond motifs is 2. The van der Waals surface area contributed by atoms with Crippen molar-refractivity contribution in [1.29, 1.82) is 0 Å². The number of hydrogen-bond acceptors (Lipinski definition) is 6. The maximum absolute atomic E-state index is 12.0. The maximum Gasteiger partial charge on any atom is 0.246 e. The number of ether oxygens (including phenoxy) is 1. The summed E-state index contributed by atoms with van der Waals surface area (Å²) in [6.45, 7) is 7.54. The molecule has 0 unspecified atom stereocenters. The maximum atomic E-state index is 12.0. The Hall–Kier alpha value is -3.65. The molecule has 1 fully saturated rings. The van der Waals surface area contributed by atoms with E-state index in [0.29, 0.717) is 41.7 Å². The number of amides is 1.